The fourth-order valence-corrected chi connectivity index (χ4v) is 0.406. The summed E-state index contributed by atoms with van der Waals surface area (Å²) in [6.07, 6.45) is 3.05. The van der Waals surface area contributed by atoms with Crippen molar-refractivity contribution in [1.82, 2.24) is 0 Å². The van der Waals surface area contributed by atoms with E-state index < -0.39 is 5.60 Å². The predicted octanol–water partition coefficient (Wildman–Crippen LogP) is 0.313. The van der Waals surface area contributed by atoms with Crippen molar-refractivity contribution in [2.24, 2.45) is 0 Å². The van der Waals surface area contributed by atoms with Crippen molar-refractivity contribution in [1.29, 1.82) is 0 Å². The van der Waals surface area contributed by atoms with Crippen LogP contribution in [-0.4, -0.2) is 22.4 Å². The van der Waals surface area contributed by atoms with E-state index in [9.17, 15) is 0 Å². The molecule has 0 aliphatic rings. The van der Waals surface area contributed by atoms with Gasteiger partial charge in [0, 0.05) is 0 Å². The van der Waals surface area contributed by atoms with Crippen LogP contribution in [0, 0.1) is 23.7 Å². The van der Waals surface area contributed by atoms with E-state index in [0.717, 1.165) is 0 Å². The van der Waals surface area contributed by atoms with Crippen molar-refractivity contribution < 1.29 is 10.2 Å². The highest BCUT2D eigenvalue weighted by Gasteiger charge is 2.04. The summed E-state index contributed by atoms with van der Waals surface area (Å²) in [7, 11) is 0. The van der Waals surface area contributed by atoms with Crippen LogP contribution in [-0.2, 0) is 0 Å². The summed E-state index contributed by atoms with van der Waals surface area (Å²) in [5.41, 5.74) is -0.964. The minimum Gasteiger partial charge on any atom is -0.384 e. The fraction of sp³-hybridized carbons (Fsp3) is 0.400. The molecule has 2 nitrogen and oxygen atoms in total. The molecule has 64 valence electrons. The van der Waals surface area contributed by atoms with Crippen molar-refractivity contribution in [2.45, 2.75) is 19.4 Å². The first-order valence-corrected chi connectivity index (χ1v) is 3.55. The van der Waals surface area contributed by atoms with E-state index in [0.29, 0.717) is 0 Å². The molecule has 2 N–H and O–H groups in total. The van der Waals surface area contributed by atoms with Crippen LogP contribution in [0.3, 0.4) is 0 Å². The topological polar surface area (TPSA) is 40.5 Å². The molecule has 2 heteroatoms. The summed E-state index contributed by atoms with van der Waals surface area (Å²) < 4.78 is 0. The lowest BCUT2D eigenvalue weighted by Gasteiger charge is -2.04. The second kappa shape index (κ2) is 5.43. The van der Waals surface area contributed by atoms with E-state index in [1.807, 2.05) is 0 Å². The van der Waals surface area contributed by atoms with E-state index in [1.54, 1.807) is 13.8 Å². The molecular formula is C10H12O2. The van der Waals surface area contributed by atoms with Crippen LogP contribution in [0.2, 0.25) is 0 Å². The maximum atomic E-state index is 9.14. The van der Waals surface area contributed by atoms with Gasteiger partial charge in [-0.2, -0.15) is 0 Å². The molecule has 0 fully saturated rings. The number of hydrogen-bond acceptors (Lipinski definition) is 2. The number of hydrogen-bond donors (Lipinski definition) is 2. The van der Waals surface area contributed by atoms with Gasteiger partial charge in [-0.1, -0.05) is 23.7 Å². The van der Waals surface area contributed by atoms with Crippen LogP contribution in [0.1, 0.15) is 13.8 Å². The average Bonchev–Trinajstić information content (AvgIpc) is 1.94. The highest BCUT2D eigenvalue weighted by molar-refractivity contribution is 5.26. The van der Waals surface area contributed by atoms with Crippen molar-refractivity contribution >= 4 is 0 Å². The molecule has 12 heavy (non-hydrogen) atoms. The fourth-order valence-electron chi connectivity index (χ4n) is 0.406. The lowest BCUT2D eigenvalue weighted by Crippen LogP contribution is -2.14. The predicted molar refractivity (Wildman–Crippen MR) is 48.1 cm³/mol. The third kappa shape index (κ3) is 8.78. The molecule has 0 atom stereocenters. The van der Waals surface area contributed by atoms with Crippen LogP contribution in [0.5, 0.6) is 0 Å². The van der Waals surface area contributed by atoms with E-state index >= 15 is 0 Å². The maximum Gasteiger partial charge on any atom is 0.120 e. The van der Waals surface area contributed by atoms with Gasteiger partial charge in [-0.25, -0.2) is 0 Å². The van der Waals surface area contributed by atoms with Crippen molar-refractivity contribution in [3.05, 3.63) is 12.2 Å². The van der Waals surface area contributed by atoms with Crippen LogP contribution >= 0.6 is 0 Å². The zero-order valence-corrected chi connectivity index (χ0v) is 7.26. The summed E-state index contributed by atoms with van der Waals surface area (Å²) in [6, 6.07) is 0. The zero-order chi connectivity index (χ0) is 9.45. The maximum absolute atomic E-state index is 9.14. The van der Waals surface area contributed by atoms with Crippen LogP contribution in [0.15, 0.2) is 12.2 Å². The van der Waals surface area contributed by atoms with Gasteiger partial charge in [0.2, 0.25) is 0 Å². The highest BCUT2D eigenvalue weighted by Crippen LogP contribution is 1.95. The van der Waals surface area contributed by atoms with E-state index in [4.69, 9.17) is 10.2 Å². The minimum atomic E-state index is -0.964. The Labute approximate surface area is 72.9 Å². The molecule has 0 rings (SSSR count). The molecule has 0 amide bonds. The minimum absolute atomic E-state index is 0.150. The lowest BCUT2D eigenvalue weighted by atomic mass is 10.1. The lowest BCUT2D eigenvalue weighted by molar-refractivity contribution is 0.143. The number of aliphatic hydroxyl groups excluding tert-OH is 1. The van der Waals surface area contributed by atoms with E-state index in [2.05, 4.69) is 23.7 Å². The highest BCUT2D eigenvalue weighted by atomic mass is 16.3. The smallest absolute Gasteiger partial charge is 0.120 e. The summed E-state index contributed by atoms with van der Waals surface area (Å²) in [5, 5.41) is 17.4. The van der Waals surface area contributed by atoms with E-state index in [1.165, 1.54) is 12.2 Å². The summed E-state index contributed by atoms with van der Waals surface area (Å²) in [5.74, 6) is 10.2. The summed E-state index contributed by atoms with van der Waals surface area (Å²) in [6.45, 7) is 3.06. The second-order valence-corrected chi connectivity index (χ2v) is 2.64. The molecule has 0 aliphatic carbocycles. The Morgan fingerprint density at radius 3 is 2.33 bits per heavy atom. The Hall–Kier alpha value is -1.22. The molecule has 0 bridgehead atoms. The van der Waals surface area contributed by atoms with Gasteiger partial charge in [-0.05, 0) is 26.0 Å². The summed E-state index contributed by atoms with van der Waals surface area (Å²) >= 11 is 0. The average molecular weight is 164 g/mol. The molecule has 0 aliphatic heterocycles. The molecule has 0 aromatic rings. The Kier molecular flexibility index (Phi) is 4.88. The Balaban J connectivity index is 3.95. The Morgan fingerprint density at radius 2 is 1.83 bits per heavy atom. The molecule has 0 spiro atoms. The van der Waals surface area contributed by atoms with Gasteiger partial charge in [0.25, 0.3) is 0 Å². The number of allylic oxidation sites excluding steroid dienone is 2. The molecule has 0 radical (unpaired) electrons. The second-order valence-electron chi connectivity index (χ2n) is 2.64. The largest absolute Gasteiger partial charge is 0.384 e. The molecule has 0 aromatic carbocycles. The first-order chi connectivity index (χ1) is 5.56. The monoisotopic (exact) mass is 164 g/mol. The molecule has 0 saturated heterocycles. The molecule has 0 saturated carbocycles. The van der Waals surface area contributed by atoms with E-state index in [-0.39, 0.29) is 6.61 Å². The van der Waals surface area contributed by atoms with Crippen molar-refractivity contribution in [3.63, 3.8) is 0 Å². The number of rotatable bonds is 0. The molecule has 0 unspecified atom stereocenters. The van der Waals surface area contributed by atoms with Gasteiger partial charge in [0.05, 0.1) is 0 Å². The third-order valence-electron chi connectivity index (χ3n) is 0.809. The first kappa shape index (κ1) is 10.8. The first-order valence-electron chi connectivity index (χ1n) is 3.55. The van der Waals surface area contributed by atoms with Gasteiger partial charge < -0.3 is 10.2 Å². The Morgan fingerprint density at radius 1 is 1.25 bits per heavy atom. The third-order valence-corrected chi connectivity index (χ3v) is 0.809. The van der Waals surface area contributed by atoms with Crippen molar-refractivity contribution in [3.8, 4) is 23.7 Å². The molecular weight excluding hydrogens is 152 g/mol. The molecule has 0 heterocycles. The van der Waals surface area contributed by atoms with Gasteiger partial charge in [0.1, 0.15) is 12.2 Å². The van der Waals surface area contributed by atoms with Crippen LogP contribution in [0.4, 0.5) is 0 Å². The van der Waals surface area contributed by atoms with Crippen LogP contribution < -0.4 is 0 Å². The normalized spacial score (nSPS) is 10.0. The van der Waals surface area contributed by atoms with Gasteiger partial charge in [-0.3, -0.25) is 0 Å². The molecule has 0 aromatic heterocycles. The quantitative estimate of drug-likeness (QED) is 0.506. The SMILES string of the molecule is CC(C)(O)C#C/C=C\C#CCO. The van der Waals surface area contributed by atoms with Gasteiger partial charge in [-0.15, -0.1) is 0 Å². The number of aliphatic hydroxyl groups is 2. The standard InChI is InChI=1S/C10H12O2/c1-10(2,12)8-6-4-3-5-7-9-11/h3-4,11-12H,9H2,1-2H3/b4-3-. The van der Waals surface area contributed by atoms with Crippen molar-refractivity contribution in [2.75, 3.05) is 6.61 Å². The van der Waals surface area contributed by atoms with Gasteiger partial charge in [0.15, 0.2) is 0 Å². The summed E-state index contributed by atoms with van der Waals surface area (Å²) in [4.78, 5) is 0. The van der Waals surface area contributed by atoms with Gasteiger partial charge >= 0.3 is 0 Å². The van der Waals surface area contributed by atoms with Crippen LogP contribution in [0.25, 0.3) is 0 Å². The Bertz CT molecular complexity index is 260. The zero-order valence-electron chi connectivity index (χ0n) is 7.26.